The molecular formula is C11H12N4O5S2. The molecule has 0 aromatic carbocycles. The second-order valence-corrected chi connectivity index (χ2v) is 6.62. The number of thioether (sulfide) groups is 2. The van der Waals surface area contributed by atoms with Gasteiger partial charge in [-0.05, 0) is 0 Å². The molecule has 2 aliphatic heterocycles. The Hall–Kier alpha value is -1.72. The van der Waals surface area contributed by atoms with Gasteiger partial charge in [0.1, 0.15) is 11.4 Å². The zero-order valence-corrected chi connectivity index (χ0v) is 13.0. The van der Waals surface area contributed by atoms with E-state index in [-0.39, 0.29) is 17.2 Å². The second kappa shape index (κ2) is 5.82. The topological polar surface area (TPSA) is 132 Å². The minimum Gasteiger partial charge on any atom is -0.449 e. The van der Waals surface area contributed by atoms with E-state index in [0.717, 1.165) is 0 Å². The number of hydrogen-bond donors (Lipinski definition) is 2. The maximum atomic E-state index is 11.8. The molecule has 11 heteroatoms. The molecule has 118 valence electrons. The van der Waals surface area contributed by atoms with Gasteiger partial charge in [-0.3, -0.25) is 9.69 Å². The molecule has 0 spiro atoms. The minimum absolute atomic E-state index is 0.0479. The molecular weight excluding hydrogens is 332 g/mol. The molecule has 2 aliphatic rings. The van der Waals surface area contributed by atoms with Gasteiger partial charge in [-0.25, -0.2) is 4.79 Å². The molecule has 0 radical (unpaired) electrons. The molecule has 9 nitrogen and oxygen atoms in total. The molecule has 0 saturated carbocycles. The predicted octanol–water partition coefficient (Wildman–Crippen LogP) is 0.619. The number of carbonyl (C=O) groups excluding carboxylic acids is 1. The summed E-state index contributed by atoms with van der Waals surface area (Å²) in [4.78, 5) is 24.0. The summed E-state index contributed by atoms with van der Waals surface area (Å²) < 4.78 is 10.0. The molecule has 3 N–H and O–H groups in total. The van der Waals surface area contributed by atoms with Gasteiger partial charge in [0, 0.05) is 24.0 Å². The SMILES string of the molecule is Cc1nnc(SCC2=C(OC(=O)O)N3C(=O)C(N)[C@@H]3SC2)o1. The number of carboxylic acid groups (broad SMARTS) is 1. The summed E-state index contributed by atoms with van der Waals surface area (Å²) in [5, 5.41) is 16.5. The van der Waals surface area contributed by atoms with Crippen LogP contribution in [0.2, 0.25) is 0 Å². The average Bonchev–Trinajstić information content (AvgIpc) is 2.89. The Bertz CT molecular complexity index is 661. The maximum Gasteiger partial charge on any atom is 0.512 e. The standard InChI is InChI=1S/C11H12N4O5S2/c1-4-13-14-10(19-4)22-3-5-2-21-9-6(12)7(16)15(9)8(5)20-11(17)18/h6,9H,2-3,12H2,1H3,(H,17,18)/t6?,9-/m0/s1. The van der Waals surface area contributed by atoms with E-state index >= 15 is 0 Å². The first-order valence-corrected chi connectivity index (χ1v) is 8.26. The van der Waals surface area contributed by atoms with E-state index in [4.69, 9.17) is 20.0 Å². The van der Waals surface area contributed by atoms with Crippen molar-refractivity contribution in [3.8, 4) is 0 Å². The van der Waals surface area contributed by atoms with E-state index in [2.05, 4.69) is 10.2 Å². The molecule has 1 fully saturated rings. The fourth-order valence-electron chi connectivity index (χ4n) is 2.09. The number of aryl methyl sites for hydroxylation is 1. The van der Waals surface area contributed by atoms with Gasteiger partial charge in [-0.2, -0.15) is 0 Å². The summed E-state index contributed by atoms with van der Waals surface area (Å²) in [5.41, 5.74) is 6.38. The highest BCUT2D eigenvalue weighted by atomic mass is 32.2. The summed E-state index contributed by atoms with van der Waals surface area (Å²) >= 11 is 2.73. The number of β-lactam (4-membered cyclic amide) rings is 1. The third kappa shape index (κ3) is 2.66. The molecule has 2 atom stereocenters. The lowest BCUT2D eigenvalue weighted by Gasteiger charge is -2.47. The Labute approximate surface area is 133 Å². The van der Waals surface area contributed by atoms with Gasteiger partial charge in [0.15, 0.2) is 0 Å². The van der Waals surface area contributed by atoms with Crippen molar-refractivity contribution in [2.24, 2.45) is 5.73 Å². The van der Waals surface area contributed by atoms with Crippen LogP contribution in [0.4, 0.5) is 4.79 Å². The molecule has 1 saturated heterocycles. The van der Waals surface area contributed by atoms with E-state index in [1.165, 1.54) is 28.4 Å². The van der Waals surface area contributed by atoms with Gasteiger partial charge in [0.05, 0.1) is 0 Å². The number of ether oxygens (including phenoxy) is 1. The van der Waals surface area contributed by atoms with Crippen LogP contribution >= 0.6 is 23.5 Å². The Morgan fingerprint density at radius 1 is 1.64 bits per heavy atom. The first-order valence-electron chi connectivity index (χ1n) is 6.23. The first kappa shape index (κ1) is 15.2. The fourth-order valence-corrected chi connectivity index (χ4v) is 4.29. The van der Waals surface area contributed by atoms with Crippen LogP contribution in [-0.2, 0) is 9.53 Å². The molecule has 22 heavy (non-hydrogen) atoms. The molecule has 1 aromatic rings. The van der Waals surface area contributed by atoms with Crippen molar-refractivity contribution < 1.29 is 23.8 Å². The third-order valence-corrected chi connectivity index (χ3v) is 5.36. The smallest absolute Gasteiger partial charge is 0.449 e. The van der Waals surface area contributed by atoms with Gasteiger partial charge in [-0.15, -0.1) is 22.0 Å². The number of rotatable bonds is 4. The fraction of sp³-hybridized carbons (Fsp3) is 0.455. The Morgan fingerprint density at radius 2 is 2.41 bits per heavy atom. The summed E-state index contributed by atoms with van der Waals surface area (Å²) in [6, 6.07) is -0.620. The van der Waals surface area contributed by atoms with Crippen molar-refractivity contribution in [1.82, 2.24) is 15.1 Å². The predicted molar refractivity (Wildman–Crippen MR) is 77.0 cm³/mol. The Kier molecular flexibility index (Phi) is 4.02. The number of aromatic nitrogens is 2. The van der Waals surface area contributed by atoms with Crippen molar-refractivity contribution in [2.45, 2.75) is 23.6 Å². The van der Waals surface area contributed by atoms with Crippen molar-refractivity contribution in [1.29, 1.82) is 0 Å². The van der Waals surface area contributed by atoms with Crippen LogP contribution in [0.1, 0.15) is 5.89 Å². The lowest BCUT2D eigenvalue weighted by Crippen LogP contribution is -2.68. The van der Waals surface area contributed by atoms with Crippen LogP contribution in [0.3, 0.4) is 0 Å². The van der Waals surface area contributed by atoms with Crippen molar-refractivity contribution >= 4 is 35.6 Å². The second-order valence-electron chi connectivity index (χ2n) is 4.59. The molecule has 0 bridgehead atoms. The van der Waals surface area contributed by atoms with E-state index in [1.807, 2.05) is 0 Å². The molecule has 1 aromatic heterocycles. The number of nitrogens with two attached hydrogens (primary N) is 1. The molecule has 1 unspecified atom stereocenters. The highest BCUT2D eigenvalue weighted by Gasteiger charge is 2.51. The van der Waals surface area contributed by atoms with E-state index in [1.54, 1.807) is 6.92 Å². The maximum absolute atomic E-state index is 11.8. The van der Waals surface area contributed by atoms with Crippen molar-refractivity contribution in [3.63, 3.8) is 0 Å². The number of hydrogen-bond acceptors (Lipinski definition) is 9. The molecule has 0 aliphatic carbocycles. The summed E-state index contributed by atoms with van der Waals surface area (Å²) in [6.45, 7) is 1.68. The van der Waals surface area contributed by atoms with Crippen LogP contribution in [0.5, 0.6) is 0 Å². The van der Waals surface area contributed by atoms with E-state index in [9.17, 15) is 9.59 Å². The van der Waals surface area contributed by atoms with E-state index < -0.39 is 12.2 Å². The average molecular weight is 344 g/mol. The van der Waals surface area contributed by atoms with Crippen molar-refractivity contribution in [2.75, 3.05) is 11.5 Å². The summed E-state index contributed by atoms with van der Waals surface area (Å²) in [5.74, 6) is 1.05. The monoisotopic (exact) mass is 344 g/mol. The lowest BCUT2D eigenvalue weighted by molar-refractivity contribution is -0.144. The minimum atomic E-state index is -1.47. The van der Waals surface area contributed by atoms with E-state index in [0.29, 0.717) is 28.2 Å². The van der Waals surface area contributed by atoms with Crippen LogP contribution < -0.4 is 5.73 Å². The number of carbonyl (C=O) groups is 2. The van der Waals surface area contributed by atoms with Crippen molar-refractivity contribution in [3.05, 3.63) is 17.3 Å². The zero-order valence-electron chi connectivity index (χ0n) is 11.4. The Morgan fingerprint density at radius 3 is 3.05 bits per heavy atom. The van der Waals surface area contributed by atoms with Crippen LogP contribution in [0, 0.1) is 6.92 Å². The third-order valence-electron chi connectivity index (χ3n) is 3.10. The first-order chi connectivity index (χ1) is 10.5. The highest BCUT2D eigenvalue weighted by molar-refractivity contribution is 8.01. The summed E-state index contributed by atoms with van der Waals surface area (Å²) in [7, 11) is 0. The van der Waals surface area contributed by atoms with Gasteiger partial charge >= 0.3 is 6.16 Å². The molecule has 3 heterocycles. The van der Waals surface area contributed by atoms with Crippen LogP contribution in [0.15, 0.2) is 21.1 Å². The van der Waals surface area contributed by atoms with Crippen LogP contribution in [-0.4, -0.2) is 55.2 Å². The number of fused-ring (bicyclic) bond motifs is 1. The largest absolute Gasteiger partial charge is 0.512 e. The lowest BCUT2D eigenvalue weighted by atomic mass is 10.1. The Balaban J connectivity index is 1.79. The van der Waals surface area contributed by atoms with Crippen LogP contribution in [0.25, 0.3) is 0 Å². The number of nitrogens with zero attached hydrogens (tertiary/aromatic N) is 3. The normalized spacial score (nSPS) is 24.1. The van der Waals surface area contributed by atoms with Gasteiger partial charge in [-0.1, -0.05) is 11.8 Å². The molecule has 1 amide bonds. The van der Waals surface area contributed by atoms with Gasteiger partial charge < -0.3 is 20.0 Å². The number of amides is 1. The summed E-state index contributed by atoms with van der Waals surface area (Å²) in [6.07, 6.45) is -1.47. The molecule has 3 rings (SSSR count). The zero-order chi connectivity index (χ0) is 15.9. The highest BCUT2D eigenvalue weighted by Crippen LogP contribution is 2.40. The van der Waals surface area contributed by atoms with Gasteiger partial charge in [0.25, 0.3) is 5.22 Å². The quantitative estimate of drug-likeness (QED) is 0.455. The van der Waals surface area contributed by atoms with Gasteiger partial charge in [0.2, 0.25) is 17.7 Å².